The van der Waals surface area contributed by atoms with Gasteiger partial charge >= 0.3 is 0 Å². The van der Waals surface area contributed by atoms with Crippen molar-refractivity contribution in [2.75, 3.05) is 32.7 Å². The number of hydrogen-bond donors (Lipinski definition) is 0. The van der Waals surface area contributed by atoms with Gasteiger partial charge in [0.1, 0.15) is 5.69 Å². The summed E-state index contributed by atoms with van der Waals surface area (Å²) in [7, 11) is 1.98. The van der Waals surface area contributed by atoms with Crippen LogP contribution in [0.2, 0.25) is 0 Å². The summed E-state index contributed by atoms with van der Waals surface area (Å²) in [6, 6.07) is 8.34. The van der Waals surface area contributed by atoms with Crippen molar-refractivity contribution in [3.05, 3.63) is 35.5 Å². The molecule has 1 fully saturated rings. The van der Waals surface area contributed by atoms with Crippen molar-refractivity contribution in [2.24, 2.45) is 7.05 Å². The van der Waals surface area contributed by atoms with E-state index in [4.69, 9.17) is 0 Å². The summed E-state index contributed by atoms with van der Waals surface area (Å²) in [4.78, 5) is 17.1. The molecule has 0 atom stereocenters. The maximum Gasteiger partial charge on any atom is 0.270 e. The molecule has 1 amide bonds. The van der Waals surface area contributed by atoms with Crippen molar-refractivity contribution >= 4 is 16.8 Å². The number of aryl methyl sites for hydroxylation is 2. The average molecular weight is 285 g/mol. The number of carbonyl (C=O) groups excluding carboxylic acids is 1. The summed E-state index contributed by atoms with van der Waals surface area (Å²) in [5.41, 5.74) is 3.14. The first-order valence-corrected chi connectivity index (χ1v) is 7.68. The molecule has 112 valence electrons. The Balaban J connectivity index is 1.87. The Morgan fingerprint density at radius 1 is 1.14 bits per heavy atom. The molecule has 0 saturated carbocycles. The summed E-state index contributed by atoms with van der Waals surface area (Å²) in [5.74, 6) is 0.155. The van der Waals surface area contributed by atoms with Crippen LogP contribution in [0.15, 0.2) is 24.3 Å². The van der Waals surface area contributed by atoms with Crippen LogP contribution < -0.4 is 0 Å². The van der Waals surface area contributed by atoms with Crippen LogP contribution in [-0.2, 0) is 7.05 Å². The van der Waals surface area contributed by atoms with E-state index < -0.39 is 0 Å². The second kappa shape index (κ2) is 5.53. The summed E-state index contributed by atoms with van der Waals surface area (Å²) in [6.45, 7) is 8.92. The smallest absolute Gasteiger partial charge is 0.270 e. The lowest BCUT2D eigenvalue weighted by Crippen LogP contribution is -2.48. The number of hydrogen-bond acceptors (Lipinski definition) is 2. The van der Waals surface area contributed by atoms with E-state index in [1.807, 2.05) is 22.6 Å². The van der Waals surface area contributed by atoms with E-state index in [-0.39, 0.29) is 5.91 Å². The normalized spacial score (nSPS) is 16.6. The van der Waals surface area contributed by atoms with E-state index >= 15 is 0 Å². The van der Waals surface area contributed by atoms with Crippen molar-refractivity contribution in [3.8, 4) is 0 Å². The van der Waals surface area contributed by atoms with Gasteiger partial charge in [0.05, 0.1) is 0 Å². The highest BCUT2D eigenvalue weighted by atomic mass is 16.2. The van der Waals surface area contributed by atoms with Crippen LogP contribution in [-0.4, -0.2) is 53.0 Å². The van der Waals surface area contributed by atoms with Gasteiger partial charge in [0, 0.05) is 44.1 Å². The summed E-state index contributed by atoms with van der Waals surface area (Å²) in [6.07, 6.45) is 0. The fraction of sp³-hybridized carbons (Fsp3) is 0.471. The Hall–Kier alpha value is -1.81. The first-order chi connectivity index (χ1) is 10.1. The van der Waals surface area contributed by atoms with E-state index in [0.29, 0.717) is 0 Å². The van der Waals surface area contributed by atoms with Gasteiger partial charge in [0.25, 0.3) is 5.91 Å². The van der Waals surface area contributed by atoms with E-state index in [0.717, 1.165) is 49.3 Å². The third-order valence-corrected chi connectivity index (χ3v) is 4.53. The van der Waals surface area contributed by atoms with Crippen LogP contribution in [0.1, 0.15) is 23.0 Å². The lowest BCUT2D eigenvalue weighted by Gasteiger charge is -2.34. The third kappa shape index (κ3) is 2.56. The molecule has 3 rings (SSSR count). The van der Waals surface area contributed by atoms with Crippen LogP contribution in [0, 0.1) is 6.92 Å². The zero-order chi connectivity index (χ0) is 15.0. The largest absolute Gasteiger partial charge is 0.340 e. The van der Waals surface area contributed by atoms with Gasteiger partial charge in [0.2, 0.25) is 0 Å². The molecule has 4 heteroatoms. The first-order valence-electron chi connectivity index (χ1n) is 7.68. The van der Waals surface area contributed by atoms with Gasteiger partial charge in [-0.3, -0.25) is 4.79 Å². The van der Waals surface area contributed by atoms with Gasteiger partial charge in [0.15, 0.2) is 0 Å². The van der Waals surface area contributed by atoms with E-state index in [1.54, 1.807) is 0 Å². The molecule has 1 saturated heterocycles. The molecule has 0 unspecified atom stereocenters. The lowest BCUT2D eigenvalue weighted by molar-refractivity contribution is 0.0634. The minimum absolute atomic E-state index is 0.155. The van der Waals surface area contributed by atoms with Crippen molar-refractivity contribution in [1.29, 1.82) is 0 Å². The Morgan fingerprint density at radius 3 is 2.52 bits per heavy atom. The van der Waals surface area contributed by atoms with Crippen LogP contribution in [0.25, 0.3) is 10.9 Å². The predicted molar refractivity (Wildman–Crippen MR) is 85.7 cm³/mol. The molecule has 1 aliphatic heterocycles. The quantitative estimate of drug-likeness (QED) is 0.847. The van der Waals surface area contributed by atoms with Gasteiger partial charge < -0.3 is 14.4 Å². The number of rotatable bonds is 2. The minimum Gasteiger partial charge on any atom is -0.340 e. The predicted octanol–water partition coefficient (Wildman–Crippen LogP) is 2.26. The molecular formula is C17H23N3O. The molecule has 1 aliphatic rings. The van der Waals surface area contributed by atoms with Crippen molar-refractivity contribution in [1.82, 2.24) is 14.4 Å². The number of piperazine rings is 1. The van der Waals surface area contributed by atoms with Crippen LogP contribution in [0.4, 0.5) is 0 Å². The first kappa shape index (κ1) is 14.1. The monoisotopic (exact) mass is 285 g/mol. The molecular weight excluding hydrogens is 262 g/mol. The number of carbonyl (C=O) groups is 1. The molecule has 0 spiro atoms. The van der Waals surface area contributed by atoms with Gasteiger partial charge in [-0.05, 0) is 31.2 Å². The number of fused-ring (bicyclic) bond motifs is 1. The summed E-state index contributed by atoms with van der Waals surface area (Å²) in [5, 5.41) is 1.14. The maximum atomic E-state index is 12.8. The number of amides is 1. The second-order valence-electron chi connectivity index (χ2n) is 5.88. The molecule has 1 aromatic carbocycles. The SMILES string of the molecule is CCN1CCN(C(=O)c2cc3ccc(C)cc3n2C)CC1. The molecule has 0 radical (unpaired) electrons. The minimum atomic E-state index is 0.155. The highest BCUT2D eigenvalue weighted by Crippen LogP contribution is 2.21. The van der Waals surface area contributed by atoms with Crippen molar-refractivity contribution in [2.45, 2.75) is 13.8 Å². The molecule has 4 nitrogen and oxygen atoms in total. The maximum absolute atomic E-state index is 12.8. The molecule has 0 bridgehead atoms. The summed E-state index contributed by atoms with van der Waals surface area (Å²) >= 11 is 0. The molecule has 0 N–H and O–H groups in total. The zero-order valence-electron chi connectivity index (χ0n) is 13.1. The number of nitrogens with zero attached hydrogens (tertiary/aromatic N) is 3. The van der Waals surface area contributed by atoms with Gasteiger partial charge in [-0.2, -0.15) is 0 Å². The molecule has 1 aromatic heterocycles. The lowest BCUT2D eigenvalue weighted by atomic mass is 10.2. The third-order valence-electron chi connectivity index (χ3n) is 4.53. The zero-order valence-corrected chi connectivity index (χ0v) is 13.1. The standard InChI is InChI=1S/C17H23N3O/c1-4-19-7-9-20(10-8-19)17(21)16-12-14-6-5-13(2)11-15(14)18(16)3/h5-6,11-12H,4,7-10H2,1-3H3. The van der Waals surface area contributed by atoms with E-state index in [1.165, 1.54) is 5.56 Å². The number of benzene rings is 1. The van der Waals surface area contributed by atoms with Crippen molar-refractivity contribution in [3.63, 3.8) is 0 Å². The summed E-state index contributed by atoms with van der Waals surface area (Å²) < 4.78 is 2.02. The van der Waals surface area contributed by atoms with Crippen molar-refractivity contribution < 1.29 is 4.79 Å². The van der Waals surface area contributed by atoms with E-state index in [2.05, 4.69) is 36.9 Å². The van der Waals surface area contributed by atoms with Crippen LogP contribution >= 0.6 is 0 Å². The Kier molecular flexibility index (Phi) is 3.72. The Bertz CT molecular complexity index is 666. The van der Waals surface area contributed by atoms with Crippen LogP contribution in [0.3, 0.4) is 0 Å². The van der Waals surface area contributed by atoms with Gasteiger partial charge in [-0.25, -0.2) is 0 Å². The van der Waals surface area contributed by atoms with Gasteiger partial charge in [-0.1, -0.05) is 19.1 Å². The molecule has 0 aliphatic carbocycles. The Labute approximate surface area is 125 Å². The van der Waals surface area contributed by atoms with E-state index in [9.17, 15) is 4.79 Å². The molecule has 2 aromatic rings. The number of likely N-dealkylation sites (N-methyl/N-ethyl adjacent to an activating group) is 1. The number of aromatic nitrogens is 1. The highest BCUT2D eigenvalue weighted by Gasteiger charge is 2.23. The van der Waals surface area contributed by atoms with Crippen LogP contribution in [0.5, 0.6) is 0 Å². The molecule has 2 heterocycles. The molecule has 21 heavy (non-hydrogen) atoms. The fourth-order valence-corrected chi connectivity index (χ4v) is 3.07. The Morgan fingerprint density at radius 2 is 1.86 bits per heavy atom. The topological polar surface area (TPSA) is 28.5 Å². The second-order valence-corrected chi connectivity index (χ2v) is 5.88. The van der Waals surface area contributed by atoms with Gasteiger partial charge in [-0.15, -0.1) is 0 Å². The average Bonchev–Trinajstić information content (AvgIpc) is 2.83. The fourth-order valence-electron chi connectivity index (χ4n) is 3.07. The highest BCUT2D eigenvalue weighted by molar-refractivity contribution is 5.98.